The molecule has 1 aromatic carbocycles. The van der Waals surface area contributed by atoms with Crippen molar-refractivity contribution in [2.24, 2.45) is 0 Å². The predicted molar refractivity (Wildman–Crippen MR) is 94.2 cm³/mol. The van der Waals surface area contributed by atoms with Gasteiger partial charge in [0.15, 0.2) is 5.13 Å². The predicted octanol–water partition coefficient (Wildman–Crippen LogP) is 2.99. The number of rotatable bonds is 3. The molecule has 2 heterocycles. The van der Waals surface area contributed by atoms with Crippen LogP contribution in [0.3, 0.4) is 0 Å². The Bertz CT molecular complexity index is 693. The van der Waals surface area contributed by atoms with Crippen molar-refractivity contribution in [3.05, 3.63) is 44.9 Å². The highest BCUT2D eigenvalue weighted by Gasteiger charge is 2.23. The maximum Gasteiger partial charge on any atom is 0.254 e. The molecule has 1 aromatic heterocycles. The Labute approximate surface area is 148 Å². The maximum absolute atomic E-state index is 12.5. The van der Waals surface area contributed by atoms with Crippen LogP contribution in [0.25, 0.3) is 0 Å². The fourth-order valence-corrected chi connectivity index (χ4v) is 3.84. The third kappa shape index (κ3) is 4.14. The van der Waals surface area contributed by atoms with Gasteiger partial charge < -0.3 is 10.6 Å². The second-order valence-electron chi connectivity index (χ2n) is 5.39. The summed E-state index contributed by atoms with van der Waals surface area (Å²) >= 11 is 13.4. The molecule has 1 aliphatic rings. The first kappa shape index (κ1) is 16.5. The van der Waals surface area contributed by atoms with Gasteiger partial charge >= 0.3 is 0 Å². The van der Waals surface area contributed by atoms with Gasteiger partial charge in [0, 0.05) is 59.4 Å². The van der Waals surface area contributed by atoms with Gasteiger partial charge in [-0.25, -0.2) is 4.98 Å². The molecule has 1 saturated heterocycles. The molecular weight excluding hydrogens is 355 g/mol. The second-order valence-corrected chi connectivity index (χ2v) is 7.41. The normalized spacial score (nSPS) is 15.8. The lowest BCUT2D eigenvalue weighted by Crippen LogP contribution is -2.48. The summed E-state index contributed by atoms with van der Waals surface area (Å²) in [5.41, 5.74) is 6.18. The van der Waals surface area contributed by atoms with Crippen LogP contribution in [0.2, 0.25) is 10.0 Å². The van der Waals surface area contributed by atoms with Crippen LogP contribution in [0.15, 0.2) is 24.4 Å². The minimum absolute atomic E-state index is 0.0314. The zero-order chi connectivity index (χ0) is 16.4. The first-order valence-corrected chi connectivity index (χ1v) is 8.76. The zero-order valence-electron chi connectivity index (χ0n) is 12.3. The SMILES string of the molecule is Nc1ncc(CN2CCN(C(=O)c3cc(Cl)cc(Cl)c3)CC2)s1. The van der Waals surface area contributed by atoms with E-state index in [2.05, 4.69) is 9.88 Å². The highest BCUT2D eigenvalue weighted by molar-refractivity contribution is 7.15. The van der Waals surface area contributed by atoms with Crippen LogP contribution in [0.5, 0.6) is 0 Å². The molecule has 1 aliphatic heterocycles. The van der Waals surface area contributed by atoms with Crippen LogP contribution in [-0.4, -0.2) is 46.9 Å². The molecule has 0 radical (unpaired) electrons. The number of nitrogen functional groups attached to an aromatic ring is 1. The molecule has 2 aromatic rings. The molecule has 122 valence electrons. The lowest BCUT2D eigenvalue weighted by molar-refractivity contribution is 0.0629. The zero-order valence-corrected chi connectivity index (χ0v) is 14.7. The van der Waals surface area contributed by atoms with Gasteiger partial charge in [0.05, 0.1) is 0 Å². The third-order valence-electron chi connectivity index (χ3n) is 3.72. The number of thiazole rings is 1. The van der Waals surface area contributed by atoms with E-state index in [1.807, 2.05) is 11.1 Å². The molecule has 0 spiro atoms. The van der Waals surface area contributed by atoms with E-state index in [0.717, 1.165) is 24.5 Å². The number of amides is 1. The molecule has 3 rings (SSSR count). The summed E-state index contributed by atoms with van der Waals surface area (Å²) in [6, 6.07) is 4.93. The van der Waals surface area contributed by atoms with Crippen molar-refractivity contribution < 1.29 is 4.79 Å². The molecule has 0 bridgehead atoms. The molecule has 5 nitrogen and oxygen atoms in total. The molecular formula is C15H16Cl2N4OS. The number of anilines is 1. The topological polar surface area (TPSA) is 62.5 Å². The van der Waals surface area contributed by atoms with Gasteiger partial charge in [-0.15, -0.1) is 11.3 Å². The van der Waals surface area contributed by atoms with Gasteiger partial charge in [-0.3, -0.25) is 9.69 Å². The molecule has 1 fully saturated rings. The number of hydrogen-bond donors (Lipinski definition) is 1. The van der Waals surface area contributed by atoms with Crippen LogP contribution in [0.4, 0.5) is 5.13 Å². The van der Waals surface area contributed by atoms with Gasteiger partial charge in [0.25, 0.3) is 5.91 Å². The molecule has 23 heavy (non-hydrogen) atoms. The number of carbonyl (C=O) groups is 1. The van der Waals surface area contributed by atoms with E-state index in [1.165, 1.54) is 11.3 Å². The van der Waals surface area contributed by atoms with E-state index in [1.54, 1.807) is 18.2 Å². The van der Waals surface area contributed by atoms with E-state index in [-0.39, 0.29) is 5.91 Å². The Kier molecular flexibility index (Phi) is 5.06. The largest absolute Gasteiger partial charge is 0.375 e. The molecule has 0 unspecified atom stereocenters. The Hall–Kier alpha value is -1.34. The standard InChI is InChI=1S/C15H16Cl2N4OS/c16-11-5-10(6-12(17)7-11)14(22)21-3-1-20(2-4-21)9-13-8-19-15(18)23-13/h5-8H,1-4,9H2,(H2,18,19). The summed E-state index contributed by atoms with van der Waals surface area (Å²) in [5.74, 6) is -0.0314. The summed E-state index contributed by atoms with van der Waals surface area (Å²) in [6.07, 6.45) is 1.81. The Morgan fingerprint density at radius 3 is 2.39 bits per heavy atom. The molecule has 1 amide bonds. The fraction of sp³-hybridized carbons (Fsp3) is 0.333. The van der Waals surface area contributed by atoms with E-state index in [0.29, 0.717) is 33.8 Å². The lowest BCUT2D eigenvalue weighted by atomic mass is 10.2. The van der Waals surface area contributed by atoms with E-state index >= 15 is 0 Å². The molecule has 0 saturated carbocycles. The molecule has 2 N–H and O–H groups in total. The monoisotopic (exact) mass is 370 g/mol. The number of halogens is 2. The number of nitrogens with two attached hydrogens (primary N) is 1. The van der Waals surface area contributed by atoms with Crippen molar-refractivity contribution in [3.8, 4) is 0 Å². The maximum atomic E-state index is 12.5. The van der Waals surface area contributed by atoms with Crippen LogP contribution in [0.1, 0.15) is 15.2 Å². The number of piperazine rings is 1. The van der Waals surface area contributed by atoms with Crippen molar-refractivity contribution in [2.45, 2.75) is 6.54 Å². The summed E-state index contributed by atoms with van der Waals surface area (Å²) in [6.45, 7) is 3.81. The summed E-state index contributed by atoms with van der Waals surface area (Å²) < 4.78 is 0. The fourth-order valence-electron chi connectivity index (χ4n) is 2.59. The highest BCUT2D eigenvalue weighted by atomic mass is 35.5. The van der Waals surface area contributed by atoms with Crippen molar-refractivity contribution in [2.75, 3.05) is 31.9 Å². The summed E-state index contributed by atoms with van der Waals surface area (Å²) in [5, 5.41) is 1.54. The van der Waals surface area contributed by atoms with Crippen LogP contribution in [-0.2, 0) is 6.54 Å². The van der Waals surface area contributed by atoms with E-state index in [9.17, 15) is 4.79 Å². The minimum Gasteiger partial charge on any atom is -0.375 e. The molecule has 8 heteroatoms. The van der Waals surface area contributed by atoms with Crippen LogP contribution in [0, 0.1) is 0 Å². The van der Waals surface area contributed by atoms with Gasteiger partial charge in [-0.1, -0.05) is 23.2 Å². The smallest absolute Gasteiger partial charge is 0.254 e. The third-order valence-corrected chi connectivity index (χ3v) is 4.97. The Morgan fingerprint density at radius 2 is 1.83 bits per heavy atom. The Morgan fingerprint density at radius 1 is 1.17 bits per heavy atom. The van der Waals surface area contributed by atoms with Crippen molar-refractivity contribution >= 4 is 45.6 Å². The second kappa shape index (κ2) is 7.05. The molecule has 0 atom stereocenters. The lowest BCUT2D eigenvalue weighted by Gasteiger charge is -2.34. The number of benzene rings is 1. The first-order chi connectivity index (χ1) is 11.0. The van der Waals surface area contributed by atoms with Gasteiger partial charge in [-0.2, -0.15) is 0 Å². The quantitative estimate of drug-likeness (QED) is 0.901. The van der Waals surface area contributed by atoms with E-state index in [4.69, 9.17) is 28.9 Å². The van der Waals surface area contributed by atoms with Gasteiger partial charge in [-0.05, 0) is 18.2 Å². The number of carbonyl (C=O) groups excluding carboxylic acids is 1. The number of hydrogen-bond acceptors (Lipinski definition) is 5. The summed E-state index contributed by atoms with van der Waals surface area (Å²) in [4.78, 5) is 21.9. The summed E-state index contributed by atoms with van der Waals surface area (Å²) in [7, 11) is 0. The Balaban J connectivity index is 1.58. The number of aromatic nitrogens is 1. The van der Waals surface area contributed by atoms with Crippen molar-refractivity contribution in [3.63, 3.8) is 0 Å². The average Bonchev–Trinajstić information content (AvgIpc) is 2.91. The van der Waals surface area contributed by atoms with Gasteiger partial charge in [0.1, 0.15) is 0 Å². The average molecular weight is 371 g/mol. The molecule has 0 aliphatic carbocycles. The first-order valence-electron chi connectivity index (χ1n) is 7.19. The van der Waals surface area contributed by atoms with Crippen LogP contribution >= 0.6 is 34.5 Å². The van der Waals surface area contributed by atoms with Crippen LogP contribution < -0.4 is 5.73 Å². The van der Waals surface area contributed by atoms with E-state index < -0.39 is 0 Å². The number of nitrogens with zero attached hydrogens (tertiary/aromatic N) is 3. The minimum atomic E-state index is -0.0314. The van der Waals surface area contributed by atoms with Crippen molar-refractivity contribution in [1.29, 1.82) is 0 Å². The highest BCUT2D eigenvalue weighted by Crippen LogP contribution is 2.21. The van der Waals surface area contributed by atoms with Gasteiger partial charge in [0.2, 0.25) is 0 Å². The van der Waals surface area contributed by atoms with Crippen molar-refractivity contribution in [1.82, 2.24) is 14.8 Å².